The van der Waals surface area contributed by atoms with E-state index < -0.39 is 17.7 Å². The molecule has 0 radical (unpaired) electrons. The van der Waals surface area contributed by atoms with Gasteiger partial charge in [0, 0.05) is 5.56 Å². The molecular formula is C30H29N3O6. The number of aryl methyl sites for hydroxylation is 3. The number of fused-ring (bicyclic) bond motifs is 1. The summed E-state index contributed by atoms with van der Waals surface area (Å²) in [5.41, 5.74) is 4.74. The average Bonchev–Trinajstić information content (AvgIpc) is 3.46. The molecule has 0 saturated carbocycles. The fourth-order valence-corrected chi connectivity index (χ4v) is 5.02. The molecule has 1 aliphatic rings. The van der Waals surface area contributed by atoms with Crippen LogP contribution < -0.4 is 19.1 Å². The van der Waals surface area contributed by atoms with Crippen LogP contribution in [-0.2, 0) is 9.59 Å². The molecule has 5 rings (SSSR count). The highest BCUT2D eigenvalue weighted by atomic mass is 16.5. The van der Waals surface area contributed by atoms with E-state index in [9.17, 15) is 14.7 Å². The van der Waals surface area contributed by atoms with Gasteiger partial charge < -0.3 is 24.3 Å². The molecule has 0 bridgehead atoms. The SMILES string of the molecule is COc1cc(C)c(/C(O)=C2\C(=O)C(=O)N(c3nc4ccc(C)cc4[nH]3)C2c2ccc(OC)c(OC)c2)cc1C. The fourth-order valence-electron chi connectivity index (χ4n) is 5.02. The van der Waals surface area contributed by atoms with Gasteiger partial charge in [0.2, 0.25) is 5.95 Å². The van der Waals surface area contributed by atoms with Crippen molar-refractivity contribution in [1.29, 1.82) is 0 Å². The molecule has 1 fully saturated rings. The third-order valence-electron chi connectivity index (χ3n) is 7.02. The highest BCUT2D eigenvalue weighted by molar-refractivity contribution is 6.51. The van der Waals surface area contributed by atoms with E-state index in [1.807, 2.05) is 32.0 Å². The second-order valence-electron chi connectivity index (χ2n) is 9.50. The van der Waals surface area contributed by atoms with E-state index >= 15 is 0 Å². The van der Waals surface area contributed by atoms with Crippen LogP contribution in [0.5, 0.6) is 17.2 Å². The number of ether oxygens (including phenoxy) is 3. The number of imidazole rings is 1. The summed E-state index contributed by atoms with van der Waals surface area (Å²) in [6.45, 7) is 5.60. The standard InChI is InChI=1S/C30H29N3O6/c1-15-7-9-20-21(11-15)32-30(31-20)33-26(18-8-10-22(37-4)24(14-18)39-6)25(28(35)29(33)36)27(34)19-12-17(3)23(38-5)13-16(19)2/h7-14,26,34H,1-6H3,(H,31,32)/b27-25+. The Morgan fingerprint density at radius 2 is 1.59 bits per heavy atom. The van der Waals surface area contributed by atoms with E-state index in [0.717, 1.165) is 16.6 Å². The maximum absolute atomic E-state index is 13.6. The van der Waals surface area contributed by atoms with Gasteiger partial charge in [-0.1, -0.05) is 12.1 Å². The van der Waals surface area contributed by atoms with E-state index in [0.29, 0.717) is 39.5 Å². The van der Waals surface area contributed by atoms with Crippen LogP contribution in [0.25, 0.3) is 16.8 Å². The summed E-state index contributed by atoms with van der Waals surface area (Å²) >= 11 is 0. The van der Waals surface area contributed by atoms with E-state index in [1.54, 1.807) is 44.4 Å². The van der Waals surface area contributed by atoms with Crippen molar-refractivity contribution in [3.05, 3.63) is 81.9 Å². The molecule has 9 heteroatoms. The number of aliphatic hydroxyl groups is 1. The van der Waals surface area contributed by atoms with Crippen molar-refractivity contribution in [1.82, 2.24) is 9.97 Å². The second-order valence-corrected chi connectivity index (χ2v) is 9.50. The third-order valence-corrected chi connectivity index (χ3v) is 7.02. The highest BCUT2D eigenvalue weighted by Gasteiger charge is 2.48. The number of hydrogen-bond acceptors (Lipinski definition) is 7. The molecule has 9 nitrogen and oxygen atoms in total. The van der Waals surface area contributed by atoms with Crippen molar-refractivity contribution >= 4 is 34.4 Å². The number of aromatic amines is 1. The van der Waals surface area contributed by atoms with Gasteiger partial charge in [-0.25, -0.2) is 4.98 Å². The number of rotatable bonds is 6. The van der Waals surface area contributed by atoms with Gasteiger partial charge in [0.05, 0.1) is 44.0 Å². The Kier molecular flexibility index (Phi) is 6.51. The molecule has 1 amide bonds. The molecule has 0 spiro atoms. The van der Waals surface area contributed by atoms with Crippen LogP contribution in [0.1, 0.15) is 33.9 Å². The molecule has 200 valence electrons. The number of carbonyl (C=O) groups excluding carboxylic acids is 2. The van der Waals surface area contributed by atoms with Crippen molar-refractivity contribution in [2.45, 2.75) is 26.8 Å². The van der Waals surface area contributed by atoms with Gasteiger partial charge in [0.25, 0.3) is 5.78 Å². The Labute approximate surface area is 225 Å². The Bertz CT molecular complexity index is 1670. The fraction of sp³-hybridized carbons (Fsp3) is 0.233. The average molecular weight is 528 g/mol. The molecule has 1 unspecified atom stereocenters. The summed E-state index contributed by atoms with van der Waals surface area (Å²) in [6.07, 6.45) is 0. The van der Waals surface area contributed by atoms with Crippen LogP contribution in [0.3, 0.4) is 0 Å². The first-order valence-corrected chi connectivity index (χ1v) is 12.3. The lowest BCUT2D eigenvalue weighted by Crippen LogP contribution is -2.30. The predicted molar refractivity (Wildman–Crippen MR) is 148 cm³/mol. The van der Waals surface area contributed by atoms with Crippen molar-refractivity contribution in [2.75, 3.05) is 26.2 Å². The number of benzene rings is 3. The molecule has 3 aromatic carbocycles. The van der Waals surface area contributed by atoms with E-state index in [-0.39, 0.29) is 17.3 Å². The number of aliphatic hydroxyl groups excluding tert-OH is 1. The monoisotopic (exact) mass is 527 g/mol. The third kappa shape index (κ3) is 4.25. The van der Waals surface area contributed by atoms with Crippen LogP contribution in [-0.4, -0.2) is 48.1 Å². The highest BCUT2D eigenvalue weighted by Crippen LogP contribution is 2.44. The summed E-state index contributed by atoms with van der Waals surface area (Å²) in [5, 5.41) is 11.6. The number of nitrogens with zero attached hydrogens (tertiary/aromatic N) is 2. The van der Waals surface area contributed by atoms with Gasteiger partial charge in [0.1, 0.15) is 11.5 Å². The Balaban J connectivity index is 1.77. The first kappa shape index (κ1) is 25.8. The molecular weight excluding hydrogens is 498 g/mol. The molecule has 0 aliphatic carbocycles. The van der Waals surface area contributed by atoms with Crippen LogP contribution in [0, 0.1) is 20.8 Å². The number of carbonyl (C=O) groups is 2. The first-order valence-electron chi connectivity index (χ1n) is 12.3. The number of aromatic nitrogens is 2. The summed E-state index contributed by atoms with van der Waals surface area (Å²) in [4.78, 5) is 36.3. The maximum Gasteiger partial charge on any atom is 0.302 e. The zero-order valence-electron chi connectivity index (χ0n) is 22.6. The number of H-pyrrole nitrogens is 1. The normalized spacial score (nSPS) is 16.7. The largest absolute Gasteiger partial charge is 0.507 e. The van der Waals surface area contributed by atoms with Gasteiger partial charge in [-0.05, 0) is 79.4 Å². The molecule has 1 aliphatic heterocycles. The Morgan fingerprint density at radius 3 is 2.28 bits per heavy atom. The number of ketones is 1. The van der Waals surface area contributed by atoms with Gasteiger partial charge >= 0.3 is 5.91 Å². The van der Waals surface area contributed by atoms with Gasteiger partial charge in [-0.3, -0.25) is 14.5 Å². The molecule has 2 heterocycles. The number of Topliss-reactive ketones (excluding diaryl/α,β-unsaturated/α-hetero) is 1. The van der Waals surface area contributed by atoms with Crippen LogP contribution >= 0.6 is 0 Å². The minimum Gasteiger partial charge on any atom is -0.507 e. The van der Waals surface area contributed by atoms with Crippen molar-refractivity contribution in [3.8, 4) is 17.2 Å². The van der Waals surface area contributed by atoms with E-state index in [1.165, 1.54) is 19.1 Å². The zero-order valence-corrected chi connectivity index (χ0v) is 22.6. The van der Waals surface area contributed by atoms with Crippen molar-refractivity contribution in [2.24, 2.45) is 0 Å². The predicted octanol–water partition coefficient (Wildman–Crippen LogP) is 5.14. The lowest BCUT2D eigenvalue weighted by molar-refractivity contribution is -0.132. The number of amides is 1. The molecule has 1 aromatic heterocycles. The topological polar surface area (TPSA) is 114 Å². The summed E-state index contributed by atoms with van der Waals surface area (Å²) in [5.74, 6) is -0.174. The Hall–Kier alpha value is -4.79. The summed E-state index contributed by atoms with van der Waals surface area (Å²) in [6, 6.07) is 13.3. The van der Waals surface area contributed by atoms with Crippen molar-refractivity contribution in [3.63, 3.8) is 0 Å². The summed E-state index contributed by atoms with van der Waals surface area (Å²) < 4.78 is 16.3. The number of hydrogen-bond donors (Lipinski definition) is 2. The van der Waals surface area contributed by atoms with Crippen LogP contribution in [0.2, 0.25) is 0 Å². The Morgan fingerprint density at radius 1 is 0.872 bits per heavy atom. The van der Waals surface area contributed by atoms with Crippen LogP contribution in [0.4, 0.5) is 5.95 Å². The van der Waals surface area contributed by atoms with Gasteiger partial charge in [0.15, 0.2) is 11.5 Å². The molecule has 1 atom stereocenters. The van der Waals surface area contributed by atoms with Gasteiger partial charge in [-0.15, -0.1) is 0 Å². The minimum atomic E-state index is -0.992. The molecule has 1 saturated heterocycles. The van der Waals surface area contributed by atoms with Crippen molar-refractivity contribution < 1.29 is 28.9 Å². The smallest absolute Gasteiger partial charge is 0.302 e. The van der Waals surface area contributed by atoms with Gasteiger partial charge in [-0.2, -0.15) is 0 Å². The first-order chi connectivity index (χ1) is 18.7. The number of methoxy groups -OCH3 is 3. The summed E-state index contributed by atoms with van der Waals surface area (Å²) in [7, 11) is 4.59. The van der Waals surface area contributed by atoms with E-state index in [2.05, 4.69) is 9.97 Å². The quantitative estimate of drug-likeness (QED) is 0.203. The molecule has 39 heavy (non-hydrogen) atoms. The van der Waals surface area contributed by atoms with Crippen LogP contribution in [0.15, 0.2) is 54.1 Å². The molecule has 4 aromatic rings. The molecule has 2 N–H and O–H groups in total. The minimum absolute atomic E-state index is 0.0588. The lowest BCUT2D eigenvalue weighted by Gasteiger charge is -2.24. The second kappa shape index (κ2) is 9.83. The number of anilines is 1. The zero-order chi connectivity index (χ0) is 28.0. The lowest BCUT2D eigenvalue weighted by atomic mass is 9.93. The van der Waals surface area contributed by atoms with E-state index in [4.69, 9.17) is 14.2 Å². The number of nitrogens with one attached hydrogen (secondary N) is 1. The maximum atomic E-state index is 13.6.